The molecule has 0 aliphatic heterocycles. The SMILES string of the molecule is CCOC(=O)CC[C@@H](NC(=O)c1ccc(CCCc2c[nH]c3nc(S)nc(N)c23)cc1)C(=O)OCC. The van der Waals surface area contributed by atoms with Crippen LogP contribution >= 0.6 is 12.6 Å². The van der Waals surface area contributed by atoms with Gasteiger partial charge in [0.05, 0.1) is 18.6 Å². The van der Waals surface area contributed by atoms with Gasteiger partial charge in [0.1, 0.15) is 17.5 Å². The number of hydrogen-bond donors (Lipinski definition) is 4. The number of hydrogen-bond acceptors (Lipinski definition) is 9. The van der Waals surface area contributed by atoms with Gasteiger partial charge >= 0.3 is 11.9 Å². The van der Waals surface area contributed by atoms with E-state index >= 15 is 0 Å². The van der Waals surface area contributed by atoms with Crippen molar-refractivity contribution in [2.75, 3.05) is 18.9 Å². The van der Waals surface area contributed by atoms with Crippen LogP contribution in [-0.2, 0) is 31.9 Å². The average molecular weight is 514 g/mol. The van der Waals surface area contributed by atoms with Crippen LogP contribution < -0.4 is 11.1 Å². The van der Waals surface area contributed by atoms with Crippen LogP contribution in [-0.4, -0.2) is 52.1 Å². The summed E-state index contributed by atoms with van der Waals surface area (Å²) in [4.78, 5) is 48.1. The molecule has 11 heteroatoms. The quantitative estimate of drug-likeness (QED) is 0.164. The monoisotopic (exact) mass is 513 g/mol. The number of nitrogens with two attached hydrogens (primary N) is 1. The molecular weight excluding hydrogens is 482 g/mol. The lowest BCUT2D eigenvalue weighted by Gasteiger charge is -2.17. The largest absolute Gasteiger partial charge is 0.466 e. The van der Waals surface area contributed by atoms with Gasteiger partial charge in [-0.2, -0.15) is 0 Å². The summed E-state index contributed by atoms with van der Waals surface area (Å²) in [6.07, 6.45) is 4.42. The number of esters is 2. The van der Waals surface area contributed by atoms with Gasteiger partial charge in [-0.15, -0.1) is 12.6 Å². The fourth-order valence-electron chi connectivity index (χ4n) is 3.85. The molecule has 0 bridgehead atoms. The number of nitrogen functional groups attached to an aromatic ring is 1. The molecule has 0 saturated heterocycles. The highest BCUT2D eigenvalue weighted by Gasteiger charge is 2.24. The first-order chi connectivity index (χ1) is 17.3. The van der Waals surface area contributed by atoms with Crippen molar-refractivity contribution < 1.29 is 23.9 Å². The number of fused-ring (bicyclic) bond motifs is 1. The molecule has 3 rings (SSSR count). The Morgan fingerprint density at radius 2 is 1.81 bits per heavy atom. The van der Waals surface area contributed by atoms with Gasteiger partial charge in [-0.3, -0.25) is 9.59 Å². The number of anilines is 1. The van der Waals surface area contributed by atoms with E-state index in [1.807, 2.05) is 18.3 Å². The highest BCUT2D eigenvalue weighted by Crippen LogP contribution is 2.24. The number of benzene rings is 1. The van der Waals surface area contributed by atoms with Crippen LogP contribution in [0, 0.1) is 0 Å². The lowest BCUT2D eigenvalue weighted by molar-refractivity contribution is -0.146. The number of aryl methyl sites for hydroxylation is 2. The van der Waals surface area contributed by atoms with E-state index in [4.69, 9.17) is 15.2 Å². The van der Waals surface area contributed by atoms with E-state index in [0.717, 1.165) is 35.8 Å². The van der Waals surface area contributed by atoms with E-state index in [9.17, 15) is 14.4 Å². The van der Waals surface area contributed by atoms with E-state index in [0.29, 0.717) is 22.2 Å². The molecule has 3 aromatic rings. The molecule has 0 spiro atoms. The Kier molecular flexibility index (Phi) is 9.69. The number of carbonyl (C=O) groups is 3. The third kappa shape index (κ3) is 7.20. The lowest BCUT2D eigenvalue weighted by Crippen LogP contribution is -2.42. The van der Waals surface area contributed by atoms with Gasteiger partial charge in [0.2, 0.25) is 0 Å². The summed E-state index contributed by atoms with van der Waals surface area (Å²) in [5.74, 6) is -1.03. The zero-order chi connectivity index (χ0) is 26.1. The number of ether oxygens (including phenoxy) is 2. The number of carbonyl (C=O) groups excluding carboxylic acids is 3. The second kappa shape index (κ2) is 12.9. The molecule has 36 heavy (non-hydrogen) atoms. The standard InChI is InChI=1S/C25H31N5O5S/c1-3-34-19(31)13-12-18(24(33)35-4-2)28-23(32)16-10-8-15(9-11-16)6-5-7-17-14-27-22-20(17)21(26)29-25(36)30-22/h8-11,14,18H,3-7,12-13H2,1-2H3,(H,28,32)(H4,26,27,29,30,36)/t18-/m1/s1. The number of thiol groups is 1. The predicted octanol–water partition coefficient (Wildman–Crippen LogP) is 3.01. The maximum absolute atomic E-state index is 12.7. The molecule has 192 valence electrons. The molecule has 2 aromatic heterocycles. The number of nitrogens with one attached hydrogen (secondary N) is 2. The summed E-state index contributed by atoms with van der Waals surface area (Å²) in [6.45, 7) is 3.81. The minimum atomic E-state index is -0.937. The Hall–Kier alpha value is -3.60. The molecule has 0 fully saturated rings. The maximum Gasteiger partial charge on any atom is 0.328 e. The van der Waals surface area contributed by atoms with Gasteiger partial charge in [-0.1, -0.05) is 12.1 Å². The fraction of sp³-hybridized carbons (Fsp3) is 0.400. The number of rotatable bonds is 12. The minimum Gasteiger partial charge on any atom is -0.466 e. The van der Waals surface area contributed by atoms with E-state index < -0.39 is 23.9 Å². The molecular formula is C25H31N5O5S. The smallest absolute Gasteiger partial charge is 0.328 e. The normalized spacial score (nSPS) is 11.8. The molecule has 1 atom stereocenters. The third-order valence-electron chi connectivity index (χ3n) is 5.58. The zero-order valence-corrected chi connectivity index (χ0v) is 21.3. The maximum atomic E-state index is 12.7. The second-order valence-electron chi connectivity index (χ2n) is 8.12. The molecule has 1 aromatic carbocycles. The van der Waals surface area contributed by atoms with Crippen molar-refractivity contribution in [1.82, 2.24) is 20.3 Å². The summed E-state index contributed by atoms with van der Waals surface area (Å²) in [6, 6.07) is 6.25. The first kappa shape index (κ1) is 27.0. The Labute approximate surface area is 214 Å². The summed E-state index contributed by atoms with van der Waals surface area (Å²) in [5.41, 5.74) is 9.22. The van der Waals surface area contributed by atoms with Crippen molar-refractivity contribution >= 4 is 47.3 Å². The van der Waals surface area contributed by atoms with Crippen molar-refractivity contribution in [3.63, 3.8) is 0 Å². The molecule has 0 aliphatic carbocycles. The Bertz CT molecular complexity index is 1210. The van der Waals surface area contributed by atoms with Gasteiger partial charge in [0.25, 0.3) is 5.91 Å². The third-order valence-corrected chi connectivity index (χ3v) is 5.78. The van der Waals surface area contributed by atoms with Crippen molar-refractivity contribution in [3.8, 4) is 0 Å². The van der Waals surface area contributed by atoms with E-state index in [1.165, 1.54) is 0 Å². The molecule has 0 radical (unpaired) electrons. The topological polar surface area (TPSA) is 149 Å². The summed E-state index contributed by atoms with van der Waals surface area (Å²) < 4.78 is 9.94. The van der Waals surface area contributed by atoms with Crippen LogP contribution in [0.1, 0.15) is 54.6 Å². The highest BCUT2D eigenvalue weighted by atomic mass is 32.1. The van der Waals surface area contributed by atoms with Crippen molar-refractivity contribution in [2.24, 2.45) is 0 Å². The van der Waals surface area contributed by atoms with E-state index in [1.54, 1.807) is 26.0 Å². The van der Waals surface area contributed by atoms with Crippen LogP contribution in [0.3, 0.4) is 0 Å². The number of aromatic nitrogens is 3. The van der Waals surface area contributed by atoms with Gasteiger partial charge in [0, 0.05) is 18.2 Å². The summed E-state index contributed by atoms with van der Waals surface area (Å²) >= 11 is 4.15. The molecule has 1 amide bonds. The summed E-state index contributed by atoms with van der Waals surface area (Å²) in [7, 11) is 0. The van der Waals surface area contributed by atoms with Crippen molar-refractivity contribution in [2.45, 2.75) is 57.1 Å². The number of nitrogens with zero attached hydrogens (tertiary/aromatic N) is 2. The van der Waals surface area contributed by atoms with Gasteiger partial charge in [-0.25, -0.2) is 14.8 Å². The van der Waals surface area contributed by atoms with Gasteiger partial charge in [0.15, 0.2) is 5.16 Å². The van der Waals surface area contributed by atoms with Gasteiger partial charge in [-0.05, 0) is 62.8 Å². The van der Waals surface area contributed by atoms with Crippen LogP contribution in [0.15, 0.2) is 35.6 Å². The van der Waals surface area contributed by atoms with Gasteiger partial charge < -0.3 is 25.5 Å². The van der Waals surface area contributed by atoms with Crippen LogP contribution in [0.5, 0.6) is 0 Å². The van der Waals surface area contributed by atoms with Crippen LogP contribution in [0.2, 0.25) is 0 Å². The van der Waals surface area contributed by atoms with E-state index in [-0.39, 0.29) is 26.1 Å². The number of amides is 1. The lowest BCUT2D eigenvalue weighted by atomic mass is 10.0. The predicted molar refractivity (Wildman–Crippen MR) is 138 cm³/mol. The molecule has 2 heterocycles. The fourth-order valence-corrected chi connectivity index (χ4v) is 4.05. The summed E-state index contributed by atoms with van der Waals surface area (Å²) in [5, 5.41) is 3.81. The zero-order valence-electron chi connectivity index (χ0n) is 20.4. The molecule has 0 aliphatic rings. The molecule has 0 saturated carbocycles. The molecule has 0 unspecified atom stereocenters. The second-order valence-corrected chi connectivity index (χ2v) is 8.52. The van der Waals surface area contributed by atoms with Crippen molar-refractivity contribution in [3.05, 3.63) is 47.2 Å². The van der Waals surface area contributed by atoms with Crippen LogP contribution in [0.25, 0.3) is 11.0 Å². The van der Waals surface area contributed by atoms with Crippen LogP contribution in [0.4, 0.5) is 5.82 Å². The minimum absolute atomic E-state index is 0.000543. The van der Waals surface area contributed by atoms with E-state index in [2.05, 4.69) is 32.9 Å². The molecule has 10 nitrogen and oxygen atoms in total. The first-order valence-corrected chi connectivity index (χ1v) is 12.3. The number of aromatic amines is 1. The Morgan fingerprint density at radius 3 is 2.50 bits per heavy atom. The molecule has 4 N–H and O–H groups in total. The average Bonchev–Trinajstić information content (AvgIpc) is 3.25. The van der Waals surface area contributed by atoms with Crippen molar-refractivity contribution in [1.29, 1.82) is 0 Å². The Balaban J connectivity index is 1.56. The number of H-pyrrole nitrogens is 1. The first-order valence-electron chi connectivity index (χ1n) is 11.9. The Morgan fingerprint density at radius 1 is 1.08 bits per heavy atom. The highest BCUT2D eigenvalue weighted by molar-refractivity contribution is 7.80.